The smallest absolute Gasteiger partial charge is 0.422 e. The maximum atomic E-state index is 12.2. The number of aliphatic imine (C=N–C) groups is 1. The van der Waals surface area contributed by atoms with Gasteiger partial charge in [-0.2, -0.15) is 13.2 Å². The van der Waals surface area contributed by atoms with E-state index in [2.05, 4.69) is 32.3 Å². The zero-order valence-corrected chi connectivity index (χ0v) is 21.4. The second kappa shape index (κ2) is 15.5. The Hall–Kier alpha value is -1.27. The van der Waals surface area contributed by atoms with E-state index in [0.29, 0.717) is 6.54 Å². The SMILES string of the molecule is CCNC(=NCc1ccc(OCC(F)(F)F)cc1)NCCCCN1CCN(CC)CC1.I. The first kappa shape index (κ1) is 28.8. The molecule has 0 radical (unpaired) electrons. The Labute approximate surface area is 207 Å². The number of unbranched alkanes of at least 4 members (excludes halogenated alkanes) is 1. The van der Waals surface area contributed by atoms with Crippen molar-refractivity contribution in [3.63, 3.8) is 0 Å². The topological polar surface area (TPSA) is 52.1 Å². The Bertz CT molecular complexity index is 650. The number of piperazine rings is 1. The molecule has 1 aliphatic rings. The molecule has 0 atom stereocenters. The molecule has 0 bridgehead atoms. The van der Waals surface area contributed by atoms with Crippen molar-refractivity contribution >= 4 is 29.9 Å². The molecule has 2 N–H and O–H groups in total. The molecular formula is C22H37F3IN5O. The first-order valence-corrected chi connectivity index (χ1v) is 11.1. The molecule has 1 aromatic carbocycles. The summed E-state index contributed by atoms with van der Waals surface area (Å²) in [7, 11) is 0. The van der Waals surface area contributed by atoms with Crippen LogP contribution in [0.2, 0.25) is 0 Å². The largest absolute Gasteiger partial charge is 0.484 e. The molecule has 1 heterocycles. The lowest BCUT2D eigenvalue weighted by molar-refractivity contribution is -0.153. The van der Waals surface area contributed by atoms with Crippen LogP contribution in [0.1, 0.15) is 32.3 Å². The number of nitrogens with zero attached hydrogens (tertiary/aromatic N) is 3. The number of likely N-dealkylation sites (N-methyl/N-ethyl adjacent to an activating group) is 1. The van der Waals surface area contributed by atoms with E-state index in [-0.39, 0.29) is 29.7 Å². The summed E-state index contributed by atoms with van der Waals surface area (Å²) in [6.07, 6.45) is -2.11. The number of halogens is 4. The second-order valence-electron chi connectivity index (χ2n) is 7.65. The lowest BCUT2D eigenvalue weighted by Gasteiger charge is -2.34. The second-order valence-corrected chi connectivity index (χ2v) is 7.65. The minimum absolute atomic E-state index is 0. The van der Waals surface area contributed by atoms with Crippen molar-refractivity contribution in [3.8, 4) is 5.75 Å². The van der Waals surface area contributed by atoms with Crippen LogP contribution in [-0.2, 0) is 6.54 Å². The molecule has 1 aliphatic heterocycles. The zero-order valence-electron chi connectivity index (χ0n) is 19.1. The van der Waals surface area contributed by atoms with Crippen molar-refractivity contribution in [2.45, 2.75) is 39.4 Å². The van der Waals surface area contributed by atoms with Gasteiger partial charge in [0.05, 0.1) is 6.54 Å². The molecule has 32 heavy (non-hydrogen) atoms. The van der Waals surface area contributed by atoms with Gasteiger partial charge in [-0.1, -0.05) is 19.1 Å². The molecule has 1 saturated heterocycles. The van der Waals surface area contributed by atoms with E-state index < -0.39 is 12.8 Å². The maximum absolute atomic E-state index is 12.2. The molecule has 0 spiro atoms. The molecule has 0 saturated carbocycles. The van der Waals surface area contributed by atoms with E-state index in [1.807, 2.05) is 6.92 Å². The molecule has 6 nitrogen and oxygen atoms in total. The number of benzene rings is 1. The van der Waals surface area contributed by atoms with Crippen LogP contribution in [0.4, 0.5) is 13.2 Å². The number of ether oxygens (including phenoxy) is 1. The van der Waals surface area contributed by atoms with E-state index in [9.17, 15) is 13.2 Å². The highest BCUT2D eigenvalue weighted by Crippen LogP contribution is 2.19. The monoisotopic (exact) mass is 571 g/mol. The molecule has 2 rings (SSSR count). The van der Waals surface area contributed by atoms with E-state index in [0.717, 1.165) is 63.6 Å². The van der Waals surface area contributed by atoms with Gasteiger partial charge in [-0.05, 0) is 50.6 Å². The third-order valence-corrected chi connectivity index (χ3v) is 5.20. The summed E-state index contributed by atoms with van der Waals surface area (Å²) in [4.78, 5) is 9.58. The number of hydrogen-bond donors (Lipinski definition) is 2. The predicted octanol–water partition coefficient (Wildman–Crippen LogP) is 3.72. The highest BCUT2D eigenvalue weighted by molar-refractivity contribution is 14.0. The van der Waals surface area contributed by atoms with Crippen LogP contribution in [0.15, 0.2) is 29.3 Å². The van der Waals surface area contributed by atoms with Crippen molar-refractivity contribution in [2.24, 2.45) is 4.99 Å². The highest BCUT2D eigenvalue weighted by Gasteiger charge is 2.28. The normalized spacial score (nSPS) is 15.8. The first-order valence-electron chi connectivity index (χ1n) is 11.1. The van der Waals surface area contributed by atoms with Crippen molar-refractivity contribution in [1.82, 2.24) is 20.4 Å². The number of nitrogens with one attached hydrogen (secondary N) is 2. The number of hydrogen-bond acceptors (Lipinski definition) is 4. The van der Waals surface area contributed by atoms with Crippen LogP contribution in [0.3, 0.4) is 0 Å². The number of alkyl halides is 3. The highest BCUT2D eigenvalue weighted by atomic mass is 127. The van der Waals surface area contributed by atoms with E-state index in [4.69, 9.17) is 4.74 Å². The Kier molecular flexibility index (Phi) is 14.0. The minimum Gasteiger partial charge on any atom is -0.484 e. The van der Waals surface area contributed by atoms with Gasteiger partial charge >= 0.3 is 6.18 Å². The van der Waals surface area contributed by atoms with Gasteiger partial charge in [-0.15, -0.1) is 24.0 Å². The molecule has 10 heteroatoms. The zero-order chi connectivity index (χ0) is 22.5. The molecule has 0 aliphatic carbocycles. The standard InChI is InChI=1S/C22H36F3N5O.HI/c1-3-26-21(27-11-5-6-12-30-15-13-29(4-2)14-16-30)28-17-19-7-9-20(10-8-19)31-18-22(23,24)25;/h7-10H,3-6,11-18H2,1-2H3,(H2,26,27,28);1H. The summed E-state index contributed by atoms with van der Waals surface area (Å²) < 4.78 is 41.4. The van der Waals surface area contributed by atoms with Gasteiger partial charge in [0.15, 0.2) is 12.6 Å². The lowest BCUT2D eigenvalue weighted by atomic mass is 10.2. The van der Waals surface area contributed by atoms with Gasteiger partial charge in [0.1, 0.15) is 5.75 Å². The van der Waals surface area contributed by atoms with Gasteiger partial charge in [0, 0.05) is 39.3 Å². The van der Waals surface area contributed by atoms with Crippen molar-refractivity contribution in [2.75, 3.05) is 59.0 Å². The van der Waals surface area contributed by atoms with E-state index in [1.165, 1.54) is 25.2 Å². The Morgan fingerprint density at radius 3 is 2.25 bits per heavy atom. The molecule has 184 valence electrons. The molecule has 1 fully saturated rings. The van der Waals surface area contributed by atoms with Crippen LogP contribution in [-0.4, -0.2) is 80.9 Å². The van der Waals surface area contributed by atoms with Crippen LogP contribution in [0.5, 0.6) is 5.75 Å². The van der Waals surface area contributed by atoms with E-state index >= 15 is 0 Å². The summed E-state index contributed by atoms with van der Waals surface area (Å²) in [5.41, 5.74) is 0.905. The molecule has 0 aromatic heterocycles. The third kappa shape index (κ3) is 12.1. The van der Waals surface area contributed by atoms with Gasteiger partial charge in [-0.3, -0.25) is 0 Å². The Balaban J connectivity index is 0.00000512. The third-order valence-electron chi connectivity index (χ3n) is 5.20. The summed E-state index contributed by atoms with van der Waals surface area (Å²) in [6.45, 7) is 11.9. The minimum atomic E-state index is -4.33. The predicted molar refractivity (Wildman–Crippen MR) is 134 cm³/mol. The molecule has 1 aromatic rings. The maximum Gasteiger partial charge on any atom is 0.422 e. The molecular weight excluding hydrogens is 534 g/mol. The summed E-state index contributed by atoms with van der Waals surface area (Å²) in [5.74, 6) is 0.947. The summed E-state index contributed by atoms with van der Waals surface area (Å²) >= 11 is 0. The quantitative estimate of drug-likeness (QED) is 0.184. The fraction of sp³-hybridized carbons (Fsp3) is 0.682. The van der Waals surface area contributed by atoms with E-state index in [1.54, 1.807) is 12.1 Å². The van der Waals surface area contributed by atoms with Crippen molar-refractivity contribution < 1.29 is 17.9 Å². The van der Waals surface area contributed by atoms with Gasteiger partial charge in [0.2, 0.25) is 0 Å². The Morgan fingerprint density at radius 2 is 1.66 bits per heavy atom. The van der Waals surface area contributed by atoms with Crippen LogP contribution in [0, 0.1) is 0 Å². The van der Waals surface area contributed by atoms with Crippen LogP contribution < -0.4 is 15.4 Å². The van der Waals surface area contributed by atoms with Gasteiger partial charge < -0.3 is 25.2 Å². The van der Waals surface area contributed by atoms with Gasteiger partial charge in [-0.25, -0.2) is 4.99 Å². The van der Waals surface area contributed by atoms with Crippen molar-refractivity contribution in [3.05, 3.63) is 29.8 Å². The fourth-order valence-corrected chi connectivity index (χ4v) is 3.36. The van der Waals surface area contributed by atoms with Crippen LogP contribution >= 0.6 is 24.0 Å². The number of rotatable bonds is 11. The Morgan fingerprint density at radius 1 is 1.00 bits per heavy atom. The molecule has 0 amide bonds. The fourth-order valence-electron chi connectivity index (χ4n) is 3.36. The van der Waals surface area contributed by atoms with Crippen molar-refractivity contribution in [1.29, 1.82) is 0 Å². The average molecular weight is 571 g/mol. The summed E-state index contributed by atoms with van der Waals surface area (Å²) in [5, 5.41) is 6.58. The molecule has 0 unspecified atom stereocenters. The van der Waals surface area contributed by atoms with Gasteiger partial charge in [0.25, 0.3) is 0 Å². The van der Waals surface area contributed by atoms with Crippen LogP contribution in [0.25, 0.3) is 0 Å². The summed E-state index contributed by atoms with van der Waals surface area (Å²) in [6, 6.07) is 6.54. The lowest BCUT2D eigenvalue weighted by Crippen LogP contribution is -2.46. The first-order chi connectivity index (χ1) is 14.9. The number of guanidine groups is 1. The average Bonchev–Trinajstić information content (AvgIpc) is 2.76.